The van der Waals surface area contributed by atoms with E-state index in [1.54, 1.807) is 6.92 Å². The summed E-state index contributed by atoms with van der Waals surface area (Å²) in [5.74, 6) is -3.67. The van der Waals surface area contributed by atoms with Crippen LogP contribution in [0.1, 0.15) is 43.0 Å². The number of hydrogen-bond donors (Lipinski definition) is 1. The van der Waals surface area contributed by atoms with Crippen LogP contribution in [-0.4, -0.2) is 36.3 Å². The minimum atomic E-state index is -2.35. The maximum absolute atomic E-state index is 13.7. The van der Waals surface area contributed by atoms with Crippen LogP contribution in [0.3, 0.4) is 0 Å². The highest BCUT2D eigenvalue weighted by Crippen LogP contribution is 2.39. The van der Waals surface area contributed by atoms with Gasteiger partial charge in [0.2, 0.25) is 0 Å². The Bertz CT molecular complexity index is 645. The molecule has 1 aromatic carbocycles. The monoisotopic (exact) mass is 410 g/mol. The summed E-state index contributed by atoms with van der Waals surface area (Å²) < 4.78 is 47.8. The summed E-state index contributed by atoms with van der Waals surface area (Å²) in [7, 11) is 1.39. The van der Waals surface area contributed by atoms with Crippen molar-refractivity contribution in [1.82, 2.24) is 9.03 Å². The molecule has 1 saturated carbocycles. The van der Waals surface area contributed by atoms with Gasteiger partial charge in [0.05, 0.1) is 17.7 Å². The molecule has 1 aliphatic heterocycles. The van der Waals surface area contributed by atoms with Crippen LogP contribution in [0, 0.1) is 11.7 Å². The molecule has 0 bridgehead atoms. The van der Waals surface area contributed by atoms with Crippen molar-refractivity contribution < 1.29 is 22.7 Å². The number of alkyl halides is 2. The molecule has 0 spiro atoms. The molecule has 2 fully saturated rings. The zero-order valence-electron chi connectivity index (χ0n) is 14.7. The number of methoxy groups -OCH3 is 1. The topological polar surface area (TPSA) is 41.6 Å². The molecular weight excluding hydrogens is 389 g/mol. The Morgan fingerprint density at radius 1 is 1.38 bits per heavy atom. The van der Waals surface area contributed by atoms with Crippen LogP contribution in [0.5, 0.6) is 5.75 Å². The molecule has 1 amide bonds. The van der Waals surface area contributed by atoms with E-state index in [1.807, 2.05) is 4.31 Å². The van der Waals surface area contributed by atoms with E-state index >= 15 is 0 Å². The number of nitrogens with one attached hydrogen (secondary N) is 1. The summed E-state index contributed by atoms with van der Waals surface area (Å²) in [6, 6.07) is 2.37. The Balaban J connectivity index is 0.000000254. The highest BCUT2D eigenvalue weighted by Gasteiger charge is 2.40. The van der Waals surface area contributed by atoms with Crippen LogP contribution in [0.25, 0.3) is 0 Å². The van der Waals surface area contributed by atoms with E-state index in [2.05, 4.69) is 4.72 Å². The fraction of sp³-hybridized carbons (Fsp3) is 0.588. The van der Waals surface area contributed by atoms with Crippen LogP contribution < -0.4 is 9.46 Å². The van der Waals surface area contributed by atoms with Gasteiger partial charge in [0, 0.05) is 43.6 Å². The molecule has 0 aromatic heterocycles. The van der Waals surface area contributed by atoms with Gasteiger partial charge in [-0.1, -0.05) is 18.5 Å². The summed E-state index contributed by atoms with van der Waals surface area (Å²) in [6.07, 6.45) is 2.63. The first-order valence-corrected chi connectivity index (χ1v) is 9.53. The normalized spacial score (nSPS) is 21.4. The lowest BCUT2D eigenvalue weighted by Crippen LogP contribution is -2.35. The predicted octanol–water partition coefficient (Wildman–Crippen LogP) is 4.93. The molecule has 1 saturated heterocycles. The Hall–Kier alpha value is -1.12. The Morgan fingerprint density at radius 3 is 2.50 bits per heavy atom. The van der Waals surface area contributed by atoms with Crippen molar-refractivity contribution in [3.63, 3.8) is 0 Å². The van der Waals surface area contributed by atoms with Gasteiger partial charge < -0.3 is 4.74 Å². The summed E-state index contributed by atoms with van der Waals surface area (Å²) in [6.45, 7) is 3.47. The molecule has 1 heterocycles. The average molecular weight is 411 g/mol. The largest absolute Gasteiger partial charge is 0.495 e. The van der Waals surface area contributed by atoms with Crippen molar-refractivity contribution in [2.45, 2.75) is 38.5 Å². The van der Waals surface area contributed by atoms with Gasteiger partial charge in [-0.25, -0.2) is 17.5 Å². The van der Waals surface area contributed by atoms with Gasteiger partial charge in [-0.2, -0.15) is 0 Å². The molecule has 1 aromatic rings. The van der Waals surface area contributed by atoms with Gasteiger partial charge in [-0.05, 0) is 25.3 Å². The van der Waals surface area contributed by atoms with Crippen LogP contribution in [0.15, 0.2) is 12.1 Å². The van der Waals surface area contributed by atoms with E-state index in [0.717, 1.165) is 25.6 Å². The lowest BCUT2D eigenvalue weighted by Gasteiger charge is -2.28. The van der Waals surface area contributed by atoms with Gasteiger partial charge in [-0.3, -0.25) is 9.52 Å². The number of benzene rings is 1. The second-order valence-electron chi connectivity index (χ2n) is 6.33. The Morgan fingerprint density at radius 2 is 2.08 bits per heavy atom. The van der Waals surface area contributed by atoms with E-state index in [-0.39, 0.29) is 28.7 Å². The SMILES string of the molecule is CC1CCCC1(F)F.COc1cc(F)c(C(=O)NSN2CCC2)cc1Cl. The smallest absolute Gasteiger partial charge is 0.265 e. The maximum Gasteiger partial charge on any atom is 0.265 e. The first-order valence-electron chi connectivity index (χ1n) is 8.37. The standard InChI is InChI=1S/C11H12ClFN2O2S.C6H10F2/c1-17-10-6-9(13)7(5-8(10)12)11(16)14-18-15-3-2-4-15;1-5-3-2-4-6(5,7)8/h5-6H,2-4H2,1H3,(H,14,16);5H,2-4H2,1H3. The van der Waals surface area contributed by atoms with Crippen LogP contribution in [0.4, 0.5) is 13.2 Å². The zero-order valence-corrected chi connectivity index (χ0v) is 16.2. The lowest BCUT2D eigenvalue weighted by atomic mass is 10.1. The first kappa shape index (κ1) is 21.2. The molecule has 2 aliphatic rings. The van der Waals surface area contributed by atoms with Crippen LogP contribution in [0.2, 0.25) is 5.02 Å². The van der Waals surface area contributed by atoms with Crippen LogP contribution >= 0.6 is 23.7 Å². The van der Waals surface area contributed by atoms with Crippen molar-refractivity contribution in [3.05, 3.63) is 28.5 Å². The number of ether oxygens (including phenoxy) is 1. The number of halogens is 4. The highest BCUT2D eigenvalue weighted by atomic mass is 35.5. The summed E-state index contributed by atoms with van der Waals surface area (Å²) >= 11 is 7.04. The van der Waals surface area contributed by atoms with E-state index in [9.17, 15) is 18.0 Å². The average Bonchev–Trinajstić information content (AvgIpc) is 2.85. The van der Waals surface area contributed by atoms with Crippen molar-refractivity contribution >= 4 is 29.6 Å². The third kappa shape index (κ3) is 5.44. The molecule has 9 heteroatoms. The molecule has 1 aliphatic carbocycles. The predicted molar refractivity (Wildman–Crippen MR) is 97.2 cm³/mol. The molecule has 0 radical (unpaired) electrons. The number of hydrogen-bond acceptors (Lipinski definition) is 4. The highest BCUT2D eigenvalue weighted by molar-refractivity contribution is 7.95. The molecule has 26 heavy (non-hydrogen) atoms. The van der Waals surface area contributed by atoms with E-state index in [4.69, 9.17) is 16.3 Å². The number of carbonyl (C=O) groups is 1. The molecule has 1 unspecified atom stereocenters. The van der Waals surface area contributed by atoms with Crippen molar-refractivity contribution in [2.24, 2.45) is 5.92 Å². The number of rotatable bonds is 4. The first-order chi connectivity index (χ1) is 12.2. The summed E-state index contributed by atoms with van der Waals surface area (Å²) in [5.41, 5.74) is -0.0891. The molecule has 3 rings (SSSR count). The molecule has 4 nitrogen and oxygen atoms in total. The third-order valence-electron chi connectivity index (χ3n) is 4.44. The Labute approximate surface area is 160 Å². The molecule has 1 N–H and O–H groups in total. The van der Waals surface area contributed by atoms with Crippen LogP contribution in [-0.2, 0) is 0 Å². The van der Waals surface area contributed by atoms with Gasteiger partial charge in [0.1, 0.15) is 11.6 Å². The van der Waals surface area contributed by atoms with Crippen molar-refractivity contribution in [2.75, 3.05) is 20.2 Å². The fourth-order valence-electron chi connectivity index (χ4n) is 2.50. The lowest BCUT2D eigenvalue weighted by molar-refractivity contribution is -0.0299. The van der Waals surface area contributed by atoms with Gasteiger partial charge in [-0.15, -0.1) is 0 Å². The van der Waals surface area contributed by atoms with Gasteiger partial charge >= 0.3 is 0 Å². The summed E-state index contributed by atoms with van der Waals surface area (Å²) in [5, 5.41) is 0.206. The minimum Gasteiger partial charge on any atom is -0.495 e. The number of carbonyl (C=O) groups excluding carboxylic acids is 1. The number of amides is 1. The zero-order chi connectivity index (χ0) is 19.3. The second kappa shape index (κ2) is 9.19. The second-order valence-corrected chi connectivity index (χ2v) is 7.64. The molecule has 146 valence electrons. The van der Waals surface area contributed by atoms with E-state index < -0.39 is 17.6 Å². The van der Waals surface area contributed by atoms with E-state index in [1.165, 1.54) is 25.3 Å². The quantitative estimate of drug-likeness (QED) is 0.715. The maximum atomic E-state index is 13.7. The third-order valence-corrected chi connectivity index (χ3v) is 5.63. The van der Waals surface area contributed by atoms with E-state index in [0.29, 0.717) is 12.8 Å². The fourth-order valence-corrected chi connectivity index (χ4v) is 3.50. The molecular formula is C17H22ClF3N2O2S. The number of nitrogens with zero attached hydrogens (tertiary/aromatic N) is 1. The van der Waals surface area contributed by atoms with Crippen molar-refractivity contribution in [3.8, 4) is 5.75 Å². The molecule has 1 atom stereocenters. The van der Waals surface area contributed by atoms with Crippen molar-refractivity contribution in [1.29, 1.82) is 0 Å². The van der Waals surface area contributed by atoms with Gasteiger partial charge in [0.25, 0.3) is 11.8 Å². The Kier molecular flexibility index (Phi) is 7.49. The minimum absolute atomic E-state index is 0.0891. The summed E-state index contributed by atoms with van der Waals surface area (Å²) in [4.78, 5) is 11.8. The van der Waals surface area contributed by atoms with Gasteiger partial charge in [0.15, 0.2) is 0 Å².